The van der Waals surface area contributed by atoms with Crippen LogP contribution >= 0.6 is 0 Å². The van der Waals surface area contributed by atoms with Crippen molar-refractivity contribution in [2.24, 2.45) is 5.10 Å². The summed E-state index contributed by atoms with van der Waals surface area (Å²) >= 11 is 0. The van der Waals surface area contributed by atoms with E-state index in [9.17, 15) is 19.2 Å². The second-order valence-electron chi connectivity index (χ2n) is 8.29. The summed E-state index contributed by atoms with van der Waals surface area (Å²) in [5.74, 6) is -0.648. The molecule has 12 nitrogen and oxygen atoms in total. The van der Waals surface area contributed by atoms with Gasteiger partial charge < -0.3 is 29.6 Å². The van der Waals surface area contributed by atoms with Crippen molar-refractivity contribution in [3.8, 4) is 17.2 Å². The molecule has 3 aromatic carbocycles. The van der Waals surface area contributed by atoms with Crippen LogP contribution in [0.15, 0.2) is 71.8 Å². The first-order valence-corrected chi connectivity index (χ1v) is 12.4. The lowest BCUT2D eigenvalue weighted by atomic mass is 10.2. The summed E-state index contributed by atoms with van der Waals surface area (Å²) in [5.41, 5.74) is 4.27. The molecule has 0 heterocycles. The Hall–Kier alpha value is -5.39. The Balaban J connectivity index is 1.46. The third kappa shape index (κ3) is 9.70. The van der Waals surface area contributed by atoms with Crippen LogP contribution in [0.5, 0.6) is 17.2 Å². The van der Waals surface area contributed by atoms with Gasteiger partial charge in [0.15, 0.2) is 18.1 Å². The second kappa shape index (κ2) is 15.3. The van der Waals surface area contributed by atoms with Crippen LogP contribution in [0.2, 0.25) is 0 Å². The number of carbonyl (C=O) groups is 4. The highest BCUT2D eigenvalue weighted by Gasteiger charge is 2.11. The predicted molar refractivity (Wildman–Crippen MR) is 151 cm³/mol. The average Bonchev–Trinajstić information content (AvgIpc) is 2.97. The molecule has 0 aromatic heterocycles. The fourth-order valence-corrected chi connectivity index (χ4v) is 3.37. The number of hydrogen-bond donors (Lipinski definition) is 3. The fraction of sp³-hybridized carbons (Fsp3) is 0.207. The van der Waals surface area contributed by atoms with Crippen molar-refractivity contribution in [1.82, 2.24) is 5.43 Å². The van der Waals surface area contributed by atoms with Gasteiger partial charge in [-0.3, -0.25) is 14.4 Å². The summed E-state index contributed by atoms with van der Waals surface area (Å²) in [4.78, 5) is 48.2. The number of nitrogens with one attached hydrogen (secondary N) is 3. The summed E-state index contributed by atoms with van der Waals surface area (Å²) in [6.45, 7) is 1.70. The van der Waals surface area contributed by atoms with Crippen molar-refractivity contribution in [1.29, 1.82) is 0 Å². The molecule has 0 aliphatic carbocycles. The topological polar surface area (TPSA) is 154 Å². The van der Waals surface area contributed by atoms with E-state index in [4.69, 9.17) is 18.9 Å². The SMILES string of the molecule is CCOC(=O)c1ccc(NC(=O)COc2ccc(C=NNC(=O)CC(=O)Nc3ccc(OC)cc3)cc2OC)cc1. The van der Waals surface area contributed by atoms with Gasteiger partial charge in [-0.05, 0) is 79.2 Å². The van der Waals surface area contributed by atoms with E-state index >= 15 is 0 Å². The Kier molecular flexibility index (Phi) is 11.2. The number of hydrazone groups is 1. The van der Waals surface area contributed by atoms with Gasteiger partial charge in [-0.2, -0.15) is 5.10 Å². The minimum absolute atomic E-state index is 0.273. The maximum absolute atomic E-state index is 12.3. The maximum Gasteiger partial charge on any atom is 0.338 e. The normalized spacial score (nSPS) is 10.4. The number of esters is 1. The van der Waals surface area contributed by atoms with Crippen LogP contribution in [-0.4, -0.2) is 57.3 Å². The Labute approximate surface area is 236 Å². The summed E-state index contributed by atoms with van der Waals surface area (Å²) in [6, 6.07) is 17.8. The van der Waals surface area contributed by atoms with Gasteiger partial charge in [0.1, 0.15) is 12.2 Å². The largest absolute Gasteiger partial charge is 0.497 e. The smallest absolute Gasteiger partial charge is 0.338 e. The molecule has 0 bridgehead atoms. The zero-order valence-electron chi connectivity index (χ0n) is 22.8. The summed E-state index contributed by atoms with van der Waals surface area (Å²) in [7, 11) is 2.98. The number of ether oxygens (including phenoxy) is 4. The Morgan fingerprint density at radius 2 is 1.44 bits per heavy atom. The molecule has 12 heteroatoms. The molecule has 0 atom stereocenters. The van der Waals surface area contributed by atoms with Gasteiger partial charge >= 0.3 is 5.97 Å². The van der Waals surface area contributed by atoms with Crippen molar-refractivity contribution in [3.05, 3.63) is 77.9 Å². The summed E-state index contributed by atoms with van der Waals surface area (Å²) < 4.78 is 20.9. The number of rotatable bonds is 13. The number of anilines is 2. The lowest BCUT2D eigenvalue weighted by molar-refractivity contribution is -0.126. The Bertz CT molecular complexity index is 1390. The lowest BCUT2D eigenvalue weighted by Crippen LogP contribution is -2.24. The molecule has 214 valence electrons. The van der Waals surface area contributed by atoms with Crippen molar-refractivity contribution < 1.29 is 38.1 Å². The van der Waals surface area contributed by atoms with Gasteiger partial charge in [-0.15, -0.1) is 0 Å². The number of hydrogen-bond acceptors (Lipinski definition) is 9. The Morgan fingerprint density at radius 1 is 0.780 bits per heavy atom. The van der Waals surface area contributed by atoms with E-state index in [-0.39, 0.29) is 13.2 Å². The minimum atomic E-state index is -0.597. The first-order valence-electron chi connectivity index (χ1n) is 12.4. The number of methoxy groups -OCH3 is 2. The molecule has 0 aliphatic rings. The van der Waals surface area contributed by atoms with E-state index in [1.54, 1.807) is 73.7 Å². The highest BCUT2D eigenvalue weighted by Crippen LogP contribution is 2.27. The standard InChI is InChI=1S/C29H30N4O8/c1-4-40-29(37)20-6-8-21(9-7-20)32-28(36)18-41-24-14-5-19(15-25(24)39-3)17-30-33-27(35)16-26(34)31-22-10-12-23(38-2)13-11-22/h5-15,17H,4,16,18H2,1-3H3,(H,31,34)(H,32,36)(H,33,35). The average molecular weight is 563 g/mol. The second-order valence-corrected chi connectivity index (χ2v) is 8.29. The van der Waals surface area contributed by atoms with Gasteiger partial charge in [0.05, 0.1) is 32.6 Å². The number of benzene rings is 3. The lowest BCUT2D eigenvalue weighted by Gasteiger charge is -2.11. The Morgan fingerprint density at radius 3 is 2.07 bits per heavy atom. The van der Waals surface area contributed by atoms with Crippen LogP contribution in [0.4, 0.5) is 11.4 Å². The van der Waals surface area contributed by atoms with Crippen LogP contribution in [0.1, 0.15) is 29.3 Å². The predicted octanol–water partition coefficient (Wildman–Crippen LogP) is 3.38. The van der Waals surface area contributed by atoms with Crippen LogP contribution in [-0.2, 0) is 19.1 Å². The van der Waals surface area contributed by atoms with Gasteiger partial charge in [0.25, 0.3) is 5.91 Å². The van der Waals surface area contributed by atoms with Crippen LogP contribution in [0.3, 0.4) is 0 Å². The first kappa shape index (κ1) is 30.2. The molecule has 3 amide bonds. The van der Waals surface area contributed by atoms with Crippen LogP contribution in [0.25, 0.3) is 0 Å². The summed E-state index contributed by atoms with van der Waals surface area (Å²) in [6.07, 6.45) is 0.954. The van der Waals surface area contributed by atoms with Gasteiger partial charge in [0.2, 0.25) is 11.8 Å². The zero-order chi connectivity index (χ0) is 29.6. The van der Waals surface area contributed by atoms with E-state index in [2.05, 4.69) is 21.2 Å². The molecule has 3 rings (SSSR count). The third-order valence-electron chi connectivity index (χ3n) is 5.32. The molecule has 0 spiro atoms. The van der Waals surface area contributed by atoms with E-state index in [0.29, 0.717) is 39.8 Å². The molecular formula is C29H30N4O8. The highest BCUT2D eigenvalue weighted by molar-refractivity contribution is 6.03. The van der Waals surface area contributed by atoms with E-state index in [0.717, 1.165) is 0 Å². The summed E-state index contributed by atoms with van der Waals surface area (Å²) in [5, 5.41) is 9.16. The molecule has 3 aromatic rings. The number of carbonyl (C=O) groups excluding carboxylic acids is 4. The van der Waals surface area contributed by atoms with Gasteiger partial charge in [0, 0.05) is 11.4 Å². The fourth-order valence-electron chi connectivity index (χ4n) is 3.37. The molecule has 41 heavy (non-hydrogen) atoms. The molecule has 0 aliphatic heterocycles. The first-order chi connectivity index (χ1) is 19.8. The van der Waals surface area contributed by atoms with Crippen molar-refractivity contribution in [3.63, 3.8) is 0 Å². The van der Waals surface area contributed by atoms with E-state index in [1.807, 2.05) is 0 Å². The molecule has 0 fully saturated rings. The van der Waals surface area contributed by atoms with Crippen LogP contribution in [0, 0.1) is 0 Å². The molecule has 0 radical (unpaired) electrons. The quantitative estimate of drug-likeness (QED) is 0.124. The monoisotopic (exact) mass is 562 g/mol. The molecule has 0 saturated carbocycles. The third-order valence-corrected chi connectivity index (χ3v) is 5.32. The van der Waals surface area contributed by atoms with E-state index in [1.165, 1.54) is 20.4 Å². The molecule has 0 saturated heterocycles. The molecule has 3 N–H and O–H groups in total. The van der Waals surface area contributed by atoms with Gasteiger partial charge in [-0.1, -0.05) is 0 Å². The van der Waals surface area contributed by atoms with Crippen LogP contribution < -0.4 is 30.3 Å². The minimum Gasteiger partial charge on any atom is -0.497 e. The zero-order valence-corrected chi connectivity index (χ0v) is 22.8. The number of nitrogens with zero attached hydrogens (tertiary/aromatic N) is 1. The molecular weight excluding hydrogens is 532 g/mol. The van der Waals surface area contributed by atoms with Crippen molar-refractivity contribution in [2.45, 2.75) is 13.3 Å². The maximum atomic E-state index is 12.3. The highest BCUT2D eigenvalue weighted by atomic mass is 16.5. The van der Waals surface area contributed by atoms with Crippen molar-refractivity contribution >= 4 is 41.3 Å². The number of amides is 3. The van der Waals surface area contributed by atoms with Crippen molar-refractivity contribution in [2.75, 3.05) is 38.1 Å². The molecule has 0 unspecified atom stereocenters. The van der Waals surface area contributed by atoms with Gasteiger partial charge in [-0.25, -0.2) is 10.2 Å². The van der Waals surface area contributed by atoms with E-state index < -0.39 is 30.1 Å².